The zero-order valence-electron chi connectivity index (χ0n) is 13.3. The van der Waals surface area contributed by atoms with Crippen LogP contribution in [-0.4, -0.2) is 49.7 Å². The summed E-state index contributed by atoms with van der Waals surface area (Å²) in [7, 11) is 4.12. The summed E-state index contributed by atoms with van der Waals surface area (Å²) in [5.74, 6) is 0.817. The first-order valence-electron chi connectivity index (χ1n) is 8.17. The Hall–Kier alpha value is -0.610. The maximum absolute atomic E-state index is 12.3. The number of esters is 1. The molecular formula is C16H30N2O2. The number of rotatable bonds is 6. The van der Waals surface area contributed by atoms with E-state index in [4.69, 9.17) is 4.74 Å². The second kappa shape index (κ2) is 6.90. The molecule has 116 valence electrons. The van der Waals surface area contributed by atoms with Crippen molar-refractivity contribution in [2.24, 2.45) is 5.92 Å². The molecule has 0 aromatic heterocycles. The number of carbonyl (C=O) groups is 1. The van der Waals surface area contributed by atoms with Crippen LogP contribution in [0.25, 0.3) is 0 Å². The largest absolute Gasteiger partial charge is 0.465 e. The third-order valence-corrected chi connectivity index (χ3v) is 5.26. The standard InChI is InChI=1S/C16H30N2O2/c1-4-20-15(19)16(17-2)10-6-9-14(11-16)18(3)12-13-7-5-8-13/h13-14,17H,4-12H2,1-3H3. The van der Waals surface area contributed by atoms with Gasteiger partial charge >= 0.3 is 5.97 Å². The van der Waals surface area contributed by atoms with Crippen LogP contribution in [0.4, 0.5) is 0 Å². The van der Waals surface area contributed by atoms with Crippen LogP contribution in [0.2, 0.25) is 0 Å². The van der Waals surface area contributed by atoms with Crippen LogP contribution in [-0.2, 0) is 9.53 Å². The van der Waals surface area contributed by atoms with Crippen molar-refractivity contribution in [1.29, 1.82) is 0 Å². The van der Waals surface area contributed by atoms with Gasteiger partial charge in [0.15, 0.2) is 0 Å². The fourth-order valence-electron chi connectivity index (χ4n) is 3.64. The number of hydrogen-bond acceptors (Lipinski definition) is 4. The van der Waals surface area contributed by atoms with Crippen molar-refractivity contribution >= 4 is 5.97 Å². The first kappa shape index (κ1) is 15.8. The summed E-state index contributed by atoms with van der Waals surface area (Å²) in [6.07, 6.45) is 8.23. The lowest BCUT2D eigenvalue weighted by molar-refractivity contribution is -0.153. The van der Waals surface area contributed by atoms with E-state index in [2.05, 4.69) is 17.3 Å². The number of hydrogen-bond donors (Lipinski definition) is 1. The molecule has 20 heavy (non-hydrogen) atoms. The fourth-order valence-corrected chi connectivity index (χ4v) is 3.64. The average Bonchev–Trinajstić information content (AvgIpc) is 2.42. The minimum Gasteiger partial charge on any atom is -0.465 e. The van der Waals surface area contributed by atoms with Gasteiger partial charge in [0.2, 0.25) is 0 Å². The van der Waals surface area contributed by atoms with Crippen molar-refractivity contribution in [2.75, 3.05) is 27.2 Å². The van der Waals surface area contributed by atoms with Crippen molar-refractivity contribution in [3.63, 3.8) is 0 Å². The maximum atomic E-state index is 12.3. The Morgan fingerprint density at radius 1 is 1.35 bits per heavy atom. The van der Waals surface area contributed by atoms with Crippen LogP contribution in [0, 0.1) is 5.92 Å². The van der Waals surface area contributed by atoms with Crippen LogP contribution in [0.1, 0.15) is 51.9 Å². The van der Waals surface area contributed by atoms with Gasteiger partial charge in [-0.05, 0) is 65.5 Å². The minimum atomic E-state index is -0.465. The maximum Gasteiger partial charge on any atom is 0.326 e. The summed E-state index contributed by atoms with van der Waals surface area (Å²) in [4.78, 5) is 14.8. The van der Waals surface area contributed by atoms with E-state index in [-0.39, 0.29) is 5.97 Å². The van der Waals surface area contributed by atoms with E-state index >= 15 is 0 Å². The van der Waals surface area contributed by atoms with Gasteiger partial charge in [-0.2, -0.15) is 0 Å². The van der Waals surface area contributed by atoms with Crippen molar-refractivity contribution in [1.82, 2.24) is 10.2 Å². The summed E-state index contributed by atoms with van der Waals surface area (Å²) < 4.78 is 5.30. The van der Waals surface area contributed by atoms with Crippen molar-refractivity contribution in [3.8, 4) is 0 Å². The molecule has 2 saturated carbocycles. The predicted octanol–water partition coefficient (Wildman–Crippen LogP) is 2.18. The molecule has 2 unspecified atom stereocenters. The van der Waals surface area contributed by atoms with Gasteiger partial charge < -0.3 is 15.0 Å². The van der Waals surface area contributed by atoms with E-state index in [9.17, 15) is 4.79 Å². The van der Waals surface area contributed by atoms with Crippen molar-refractivity contribution in [2.45, 2.75) is 63.5 Å². The minimum absolute atomic E-state index is 0.0655. The number of carbonyl (C=O) groups excluding carboxylic acids is 1. The summed E-state index contributed by atoms with van der Waals surface area (Å²) in [6.45, 7) is 3.53. The van der Waals surface area contributed by atoms with E-state index in [0.29, 0.717) is 12.6 Å². The van der Waals surface area contributed by atoms with Crippen LogP contribution >= 0.6 is 0 Å². The molecular weight excluding hydrogens is 252 g/mol. The fraction of sp³-hybridized carbons (Fsp3) is 0.938. The van der Waals surface area contributed by atoms with Crippen LogP contribution in [0.15, 0.2) is 0 Å². The molecule has 0 aromatic rings. The highest BCUT2D eigenvalue weighted by molar-refractivity contribution is 5.81. The van der Waals surface area contributed by atoms with E-state index < -0.39 is 5.54 Å². The Bertz CT molecular complexity index is 330. The quantitative estimate of drug-likeness (QED) is 0.758. The van der Waals surface area contributed by atoms with Crippen molar-refractivity contribution < 1.29 is 9.53 Å². The molecule has 2 atom stereocenters. The summed E-state index contributed by atoms with van der Waals surface area (Å²) in [6, 6.07) is 0.501. The molecule has 2 fully saturated rings. The number of ether oxygens (including phenoxy) is 1. The predicted molar refractivity (Wildman–Crippen MR) is 80.7 cm³/mol. The SMILES string of the molecule is CCOC(=O)C1(NC)CCCC(N(C)CC2CCC2)C1. The molecule has 0 aromatic carbocycles. The Balaban J connectivity index is 1.95. The van der Waals surface area contributed by atoms with Crippen LogP contribution < -0.4 is 5.32 Å². The monoisotopic (exact) mass is 282 g/mol. The third kappa shape index (κ3) is 3.34. The zero-order chi connectivity index (χ0) is 14.6. The Morgan fingerprint density at radius 2 is 2.10 bits per heavy atom. The number of nitrogens with zero attached hydrogens (tertiary/aromatic N) is 1. The van der Waals surface area contributed by atoms with Gasteiger partial charge in [-0.3, -0.25) is 4.79 Å². The molecule has 4 heteroatoms. The Kier molecular flexibility index (Phi) is 5.44. The molecule has 0 bridgehead atoms. The van der Waals surface area contributed by atoms with Crippen molar-refractivity contribution in [3.05, 3.63) is 0 Å². The van der Waals surface area contributed by atoms with Crippen LogP contribution in [0.5, 0.6) is 0 Å². The second-order valence-corrected chi connectivity index (χ2v) is 6.54. The highest BCUT2D eigenvalue weighted by atomic mass is 16.5. The molecule has 0 aliphatic heterocycles. The van der Waals surface area contributed by atoms with Gasteiger partial charge in [0.05, 0.1) is 6.61 Å². The van der Waals surface area contributed by atoms with Gasteiger partial charge in [-0.15, -0.1) is 0 Å². The van der Waals surface area contributed by atoms with E-state index in [1.807, 2.05) is 14.0 Å². The van der Waals surface area contributed by atoms with Gasteiger partial charge in [0, 0.05) is 12.6 Å². The molecule has 0 heterocycles. The van der Waals surface area contributed by atoms with E-state index in [0.717, 1.165) is 25.2 Å². The molecule has 0 saturated heterocycles. The lowest BCUT2D eigenvalue weighted by Gasteiger charge is -2.43. The lowest BCUT2D eigenvalue weighted by atomic mass is 9.77. The normalized spacial score (nSPS) is 31.1. The van der Waals surface area contributed by atoms with Gasteiger partial charge in [-0.25, -0.2) is 0 Å². The molecule has 0 amide bonds. The molecule has 0 radical (unpaired) electrons. The smallest absolute Gasteiger partial charge is 0.326 e. The zero-order valence-corrected chi connectivity index (χ0v) is 13.3. The molecule has 2 rings (SSSR count). The van der Waals surface area contributed by atoms with Gasteiger partial charge in [-0.1, -0.05) is 6.42 Å². The lowest BCUT2D eigenvalue weighted by Crippen LogP contribution is -2.57. The number of likely N-dealkylation sites (N-methyl/N-ethyl adjacent to an activating group) is 1. The highest BCUT2D eigenvalue weighted by Crippen LogP contribution is 2.34. The first-order valence-corrected chi connectivity index (χ1v) is 8.17. The Labute approximate surface area is 123 Å². The third-order valence-electron chi connectivity index (χ3n) is 5.26. The van der Waals surface area contributed by atoms with Gasteiger partial charge in [0.25, 0.3) is 0 Å². The summed E-state index contributed by atoms with van der Waals surface area (Å²) in [5, 5.41) is 3.27. The molecule has 4 nitrogen and oxygen atoms in total. The van der Waals surface area contributed by atoms with Gasteiger partial charge in [0.1, 0.15) is 5.54 Å². The second-order valence-electron chi connectivity index (χ2n) is 6.54. The summed E-state index contributed by atoms with van der Waals surface area (Å²) >= 11 is 0. The molecule has 2 aliphatic rings. The topological polar surface area (TPSA) is 41.6 Å². The van der Waals surface area contributed by atoms with Crippen LogP contribution in [0.3, 0.4) is 0 Å². The summed E-state index contributed by atoms with van der Waals surface area (Å²) in [5.41, 5.74) is -0.465. The molecule has 2 aliphatic carbocycles. The van der Waals surface area contributed by atoms with E-state index in [1.54, 1.807) is 0 Å². The van der Waals surface area contributed by atoms with E-state index in [1.165, 1.54) is 32.2 Å². The number of nitrogens with one attached hydrogen (secondary N) is 1. The average molecular weight is 282 g/mol. The molecule has 1 N–H and O–H groups in total. The first-order chi connectivity index (χ1) is 9.61. The molecule has 0 spiro atoms. The highest BCUT2D eigenvalue weighted by Gasteiger charge is 2.44. The Morgan fingerprint density at radius 3 is 2.65 bits per heavy atom.